The molecule has 1 aromatic heterocycles. The van der Waals surface area contributed by atoms with E-state index in [0.29, 0.717) is 23.7 Å². The van der Waals surface area contributed by atoms with Gasteiger partial charge < -0.3 is 10.1 Å². The fourth-order valence-corrected chi connectivity index (χ4v) is 3.16. The Morgan fingerprint density at radius 2 is 2.23 bits per heavy atom. The molecule has 2 aromatic rings. The summed E-state index contributed by atoms with van der Waals surface area (Å²) in [6, 6.07) is 4.34. The summed E-state index contributed by atoms with van der Waals surface area (Å²) in [6.07, 6.45) is 5.16. The normalized spacial score (nSPS) is 17.7. The van der Waals surface area contributed by atoms with E-state index >= 15 is 0 Å². The van der Waals surface area contributed by atoms with Crippen LogP contribution in [0.15, 0.2) is 30.6 Å². The molecule has 7 heteroatoms. The Morgan fingerprint density at radius 1 is 1.38 bits per heavy atom. The first-order valence-electron chi connectivity index (χ1n) is 8.74. The molecule has 1 amide bonds. The van der Waals surface area contributed by atoms with E-state index in [9.17, 15) is 9.18 Å². The summed E-state index contributed by atoms with van der Waals surface area (Å²) in [5.41, 5.74) is 1.52. The quantitative estimate of drug-likeness (QED) is 0.890. The van der Waals surface area contributed by atoms with Crippen molar-refractivity contribution < 1.29 is 13.9 Å². The molecule has 0 spiro atoms. The molecule has 0 saturated carbocycles. The molecule has 1 saturated heterocycles. The zero-order chi connectivity index (χ0) is 18.5. The van der Waals surface area contributed by atoms with Crippen LogP contribution in [0.25, 0.3) is 0 Å². The molecule has 1 atom stereocenters. The highest BCUT2D eigenvalue weighted by molar-refractivity contribution is 5.78. The van der Waals surface area contributed by atoms with E-state index in [-0.39, 0.29) is 17.6 Å². The van der Waals surface area contributed by atoms with Crippen LogP contribution in [0.5, 0.6) is 11.6 Å². The van der Waals surface area contributed by atoms with Gasteiger partial charge in [0.05, 0.1) is 24.0 Å². The SMILES string of the molecule is CNC(=O)[C@H]1CCCN(Cc2cnc(Oc3ccc(F)cc3C)cn2)C1. The molecule has 0 unspecified atom stereocenters. The standard InChI is InChI=1S/C19H23FN4O2/c1-13-8-15(20)5-6-17(13)26-18-10-22-16(9-23-18)12-24-7-3-4-14(11-24)19(25)21-2/h5-6,8-10,14H,3-4,7,11-12H2,1-2H3,(H,21,25)/t14-/m0/s1. The van der Waals surface area contributed by atoms with Crippen molar-refractivity contribution in [3.05, 3.63) is 47.7 Å². The first-order chi connectivity index (χ1) is 12.5. The van der Waals surface area contributed by atoms with Crippen molar-refractivity contribution >= 4 is 5.91 Å². The molecule has 0 aliphatic carbocycles. The second-order valence-corrected chi connectivity index (χ2v) is 6.55. The third kappa shape index (κ3) is 4.54. The molecule has 0 radical (unpaired) electrons. The summed E-state index contributed by atoms with van der Waals surface area (Å²) in [6.45, 7) is 4.10. The number of benzene rings is 1. The van der Waals surface area contributed by atoms with Gasteiger partial charge in [-0.15, -0.1) is 0 Å². The van der Waals surface area contributed by atoms with Gasteiger partial charge in [-0.1, -0.05) is 0 Å². The van der Waals surface area contributed by atoms with Gasteiger partial charge in [-0.2, -0.15) is 0 Å². The molecule has 1 aliphatic rings. The number of aromatic nitrogens is 2. The van der Waals surface area contributed by atoms with Crippen LogP contribution in [0, 0.1) is 18.7 Å². The first kappa shape index (κ1) is 18.3. The third-order valence-electron chi connectivity index (χ3n) is 4.54. The maximum atomic E-state index is 13.1. The van der Waals surface area contributed by atoms with Gasteiger partial charge in [0.1, 0.15) is 11.6 Å². The molecule has 26 heavy (non-hydrogen) atoms. The number of nitrogens with one attached hydrogen (secondary N) is 1. The Balaban J connectivity index is 1.60. The van der Waals surface area contributed by atoms with Crippen molar-refractivity contribution in [3.63, 3.8) is 0 Å². The average Bonchev–Trinajstić information content (AvgIpc) is 2.65. The van der Waals surface area contributed by atoms with Gasteiger partial charge in [-0.3, -0.25) is 14.7 Å². The smallest absolute Gasteiger partial charge is 0.237 e. The number of carbonyl (C=O) groups is 1. The maximum Gasteiger partial charge on any atom is 0.237 e. The summed E-state index contributed by atoms with van der Waals surface area (Å²) in [7, 11) is 1.67. The Morgan fingerprint density at radius 3 is 2.92 bits per heavy atom. The fourth-order valence-electron chi connectivity index (χ4n) is 3.16. The largest absolute Gasteiger partial charge is 0.437 e. The Labute approximate surface area is 152 Å². The summed E-state index contributed by atoms with van der Waals surface area (Å²) >= 11 is 0. The van der Waals surface area contributed by atoms with E-state index in [1.165, 1.54) is 12.1 Å². The van der Waals surface area contributed by atoms with E-state index < -0.39 is 0 Å². The van der Waals surface area contributed by atoms with Crippen molar-refractivity contribution in [1.82, 2.24) is 20.2 Å². The van der Waals surface area contributed by atoms with Gasteiger partial charge in [-0.05, 0) is 50.1 Å². The summed E-state index contributed by atoms with van der Waals surface area (Å²) in [5, 5.41) is 2.72. The number of nitrogens with zero attached hydrogens (tertiary/aromatic N) is 3. The van der Waals surface area contributed by atoms with E-state index in [1.807, 2.05) is 0 Å². The lowest BCUT2D eigenvalue weighted by Crippen LogP contribution is -2.41. The minimum absolute atomic E-state index is 0.0331. The highest BCUT2D eigenvalue weighted by Crippen LogP contribution is 2.24. The Bertz CT molecular complexity index is 767. The lowest BCUT2D eigenvalue weighted by molar-refractivity contribution is -0.126. The molecule has 2 heterocycles. The predicted molar refractivity (Wildman–Crippen MR) is 95.3 cm³/mol. The molecule has 6 nitrogen and oxygen atoms in total. The molecule has 0 bridgehead atoms. The topological polar surface area (TPSA) is 67.4 Å². The number of likely N-dealkylation sites (tertiary alicyclic amines) is 1. The molecule has 1 N–H and O–H groups in total. The van der Waals surface area contributed by atoms with Gasteiger partial charge in [0.15, 0.2) is 0 Å². The molecular weight excluding hydrogens is 335 g/mol. The van der Waals surface area contributed by atoms with Crippen molar-refractivity contribution in [2.24, 2.45) is 5.92 Å². The van der Waals surface area contributed by atoms with E-state index in [0.717, 1.165) is 31.6 Å². The fraction of sp³-hybridized carbons (Fsp3) is 0.421. The van der Waals surface area contributed by atoms with Gasteiger partial charge in [0, 0.05) is 20.1 Å². The van der Waals surface area contributed by atoms with E-state index in [2.05, 4.69) is 20.2 Å². The van der Waals surface area contributed by atoms with Crippen LogP contribution in [0.2, 0.25) is 0 Å². The summed E-state index contributed by atoms with van der Waals surface area (Å²) in [5.74, 6) is 0.751. The van der Waals surface area contributed by atoms with Crippen LogP contribution < -0.4 is 10.1 Å². The van der Waals surface area contributed by atoms with E-state index in [1.54, 1.807) is 32.4 Å². The number of rotatable bonds is 5. The van der Waals surface area contributed by atoms with Crippen molar-refractivity contribution in [3.8, 4) is 11.6 Å². The van der Waals surface area contributed by atoms with E-state index in [4.69, 9.17) is 4.74 Å². The molecule has 3 rings (SSSR count). The number of piperidine rings is 1. The number of ether oxygens (including phenoxy) is 1. The number of hydrogen-bond donors (Lipinski definition) is 1. The van der Waals surface area contributed by atoms with Crippen molar-refractivity contribution in [2.75, 3.05) is 20.1 Å². The van der Waals surface area contributed by atoms with Crippen molar-refractivity contribution in [2.45, 2.75) is 26.3 Å². The minimum Gasteiger partial charge on any atom is -0.437 e. The highest BCUT2D eigenvalue weighted by Gasteiger charge is 2.25. The van der Waals surface area contributed by atoms with Gasteiger partial charge in [-0.25, -0.2) is 9.37 Å². The summed E-state index contributed by atoms with van der Waals surface area (Å²) < 4.78 is 18.8. The Hall–Kier alpha value is -2.54. The van der Waals surface area contributed by atoms with Gasteiger partial charge in [0.25, 0.3) is 0 Å². The van der Waals surface area contributed by atoms with Crippen molar-refractivity contribution in [1.29, 1.82) is 0 Å². The first-order valence-corrected chi connectivity index (χ1v) is 8.74. The van der Waals surface area contributed by atoms with Gasteiger partial charge in [0.2, 0.25) is 11.8 Å². The lowest BCUT2D eigenvalue weighted by Gasteiger charge is -2.31. The predicted octanol–water partition coefficient (Wildman–Crippen LogP) is 2.67. The number of hydrogen-bond acceptors (Lipinski definition) is 5. The zero-order valence-electron chi connectivity index (χ0n) is 15.0. The second kappa shape index (κ2) is 8.23. The van der Waals surface area contributed by atoms with Crippen LogP contribution in [0.4, 0.5) is 4.39 Å². The highest BCUT2D eigenvalue weighted by atomic mass is 19.1. The average molecular weight is 358 g/mol. The number of halogens is 1. The number of carbonyl (C=O) groups excluding carboxylic acids is 1. The maximum absolute atomic E-state index is 13.1. The molecule has 1 aliphatic heterocycles. The van der Waals surface area contributed by atoms with Gasteiger partial charge >= 0.3 is 0 Å². The Kier molecular flexibility index (Phi) is 5.78. The van der Waals surface area contributed by atoms with Crippen LogP contribution in [-0.4, -0.2) is 40.9 Å². The second-order valence-electron chi connectivity index (χ2n) is 6.55. The zero-order valence-corrected chi connectivity index (χ0v) is 15.0. The third-order valence-corrected chi connectivity index (χ3v) is 4.54. The molecule has 1 fully saturated rings. The van der Waals surface area contributed by atoms with Crippen LogP contribution in [-0.2, 0) is 11.3 Å². The van der Waals surface area contributed by atoms with Crippen LogP contribution in [0.3, 0.4) is 0 Å². The van der Waals surface area contributed by atoms with Crippen LogP contribution >= 0.6 is 0 Å². The number of aryl methyl sites for hydroxylation is 1. The van der Waals surface area contributed by atoms with Crippen LogP contribution in [0.1, 0.15) is 24.1 Å². The summed E-state index contributed by atoms with van der Waals surface area (Å²) in [4.78, 5) is 22.7. The lowest BCUT2D eigenvalue weighted by atomic mass is 9.97. The number of amides is 1. The monoisotopic (exact) mass is 358 g/mol. The minimum atomic E-state index is -0.298. The molecular formula is C19H23FN4O2. The molecule has 1 aromatic carbocycles. The molecule has 138 valence electrons.